The number of pyridine rings is 1. The first-order valence-electron chi connectivity index (χ1n) is 11.3. The lowest BCUT2D eigenvalue weighted by atomic mass is 10.00. The van der Waals surface area contributed by atoms with Gasteiger partial charge in [-0.1, -0.05) is 30.4 Å². The largest absolute Gasteiger partial charge is 0.416 e. The molecular weight excluding hydrogens is 493 g/mol. The van der Waals surface area contributed by atoms with E-state index >= 15 is 0 Å². The number of nitriles is 1. The van der Waals surface area contributed by atoms with Crippen LogP contribution in [-0.2, 0) is 11.0 Å². The van der Waals surface area contributed by atoms with E-state index in [1.165, 1.54) is 24.4 Å². The maximum atomic E-state index is 13.6. The summed E-state index contributed by atoms with van der Waals surface area (Å²) in [6.07, 6.45) is -0.924. The number of aromatic nitrogens is 1. The number of fused-ring (bicyclic) bond motifs is 1. The summed E-state index contributed by atoms with van der Waals surface area (Å²) in [5.74, 6) is -4.20. The van der Waals surface area contributed by atoms with Gasteiger partial charge in [0.25, 0.3) is 5.92 Å². The van der Waals surface area contributed by atoms with Crippen molar-refractivity contribution < 1.29 is 31.5 Å². The summed E-state index contributed by atoms with van der Waals surface area (Å²) < 4.78 is 65.5. The Kier molecular flexibility index (Phi) is 7.07. The van der Waals surface area contributed by atoms with E-state index < -0.39 is 42.6 Å². The number of likely N-dealkylation sites (tertiary alicyclic amines) is 1. The van der Waals surface area contributed by atoms with Gasteiger partial charge >= 0.3 is 6.18 Å². The molecule has 0 saturated carbocycles. The smallest absolute Gasteiger partial charge is 0.320 e. The van der Waals surface area contributed by atoms with Crippen LogP contribution in [0.5, 0.6) is 0 Å². The van der Waals surface area contributed by atoms with Gasteiger partial charge in [-0.05, 0) is 41.5 Å². The van der Waals surface area contributed by atoms with E-state index in [0.717, 1.165) is 17.0 Å². The van der Waals surface area contributed by atoms with Crippen LogP contribution in [0, 0.1) is 11.3 Å². The SMILES string of the molecule is N#C[C@@H]1CC(F)(F)CN1C(=O)CCC(=O)c1ccnc2ccc(/C=C/c3ccc(C(F)(F)F)cc3)cc12. The molecule has 1 fully saturated rings. The average Bonchev–Trinajstić information content (AvgIpc) is 3.19. The Morgan fingerprint density at radius 2 is 1.73 bits per heavy atom. The minimum atomic E-state index is -4.42. The maximum Gasteiger partial charge on any atom is 0.416 e. The topological polar surface area (TPSA) is 74.1 Å². The molecule has 1 aliphatic rings. The summed E-state index contributed by atoms with van der Waals surface area (Å²) in [5.41, 5.74) is 1.29. The van der Waals surface area contributed by atoms with Gasteiger partial charge in [0.1, 0.15) is 6.04 Å². The zero-order valence-corrected chi connectivity index (χ0v) is 19.3. The molecule has 4 rings (SSSR count). The molecule has 190 valence electrons. The van der Waals surface area contributed by atoms with E-state index in [1.54, 1.807) is 36.4 Å². The molecule has 2 aromatic carbocycles. The normalized spacial score (nSPS) is 17.3. The van der Waals surface area contributed by atoms with Crippen LogP contribution in [0.25, 0.3) is 23.1 Å². The van der Waals surface area contributed by atoms with Crippen LogP contribution >= 0.6 is 0 Å². The molecule has 0 unspecified atom stereocenters. The molecule has 1 amide bonds. The summed E-state index contributed by atoms with van der Waals surface area (Å²) in [4.78, 5) is 30.5. The molecule has 1 aliphatic heterocycles. The lowest BCUT2D eigenvalue weighted by Gasteiger charge is -2.18. The molecule has 0 aliphatic carbocycles. The molecule has 0 N–H and O–H groups in total. The Hall–Kier alpha value is -4.13. The van der Waals surface area contributed by atoms with Gasteiger partial charge in [0.05, 0.1) is 23.7 Å². The van der Waals surface area contributed by atoms with Crippen molar-refractivity contribution in [3.63, 3.8) is 0 Å². The third kappa shape index (κ3) is 6.00. The second-order valence-electron chi connectivity index (χ2n) is 8.74. The van der Waals surface area contributed by atoms with Crippen LogP contribution in [0.15, 0.2) is 54.7 Å². The van der Waals surface area contributed by atoms with E-state index in [-0.39, 0.29) is 18.6 Å². The Balaban J connectivity index is 1.49. The lowest BCUT2D eigenvalue weighted by Crippen LogP contribution is -2.36. The van der Waals surface area contributed by atoms with E-state index in [9.17, 15) is 31.5 Å². The van der Waals surface area contributed by atoms with Crippen molar-refractivity contribution in [3.05, 3.63) is 77.0 Å². The van der Waals surface area contributed by atoms with E-state index in [2.05, 4.69) is 4.98 Å². The van der Waals surface area contributed by atoms with Crippen molar-refractivity contribution in [1.29, 1.82) is 5.26 Å². The van der Waals surface area contributed by atoms with Crippen LogP contribution < -0.4 is 0 Å². The van der Waals surface area contributed by atoms with Gasteiger partial charge in [-0.25, -0.2) is 8.78 Å². The number of alkyl halides is 5. The highest BCUT2D eigenvalue weighted by atomic mass is 19.4. The minimum absolute atomic E-state index is 0.232. The quantitative estimate of drug-likeness (QED) is 0.225. The molecule has 1 aromatic heterocycles. The Morgan fingerprint density at radius 3 is 2.41 bits per heavy atom. The molecule has 3 aromatic rings. The van der Waals surface area contributed by atoms with Gasteiger partial charge in [0.2, 0.25) is 5.91 Å². The molecule has 0 radical (unpaired) electrons. The molecule has 0 bridgehead atoms. The summed E-state index contributed by atoms with van der Waals surface area (Å²) in [6.45, 7) is -0.842. The molecule has 37 heavy (non-hydrogen) atoms. The van der Waals surface area contributed by atoms with E-state index in [4.69, 9.17) is 5.26 Å². The second kappa shape index (κ2) is 10.1. The van der Waals surface area contributed by atoms with Crippen molar-refractivity contribution in [2.75, 3.05) is 6.54 Å². The number of hydrogen-bond acceptors (Lipinski definition) is 4. The molecule has 10 heteroatoms. The fourth-order valence-corrected chi connectivity index (χ4v) is 4.18. The number of amides is 1. The highest BCUT2D eigenvalue weighted by Gasteiger charge is 2.47. The van der Waals surface area contributed by atoms with Crippen molar-refractivity contribution in [2.45, 2.75) is 37.4 Å². The first kappa shape index (κ1) is 25.9. The van der Waals surface area contributed by atoms with Crippen LogP contribution in [0.2, 0.25) is 0 Å². The van der Waals surface area contributed by atoms with Gasteiger partial charge in [-0.2, -0.15) is 18.4 Å². The highest BCUT2D eigenvalue weighted by Crippen LogP contribution is 2.32. The van der Waals surface area contributed by atoms with Gasteiger partial charge in [-0.3, -0.25) is 14.6 Å². The number of ketones is 1. The number of benzene rings is 2. The monoisotopic (exact) mass is 513 g/mol. The Morgan fingerprint density at radius 1 is 1.05 bits per heavy atom. The van der Waals surface area contributed by atoms with Crippen molar-refractivity contribution >= 4 is 34.7 Å². The van der Waals surface area contributed by atoms with Gasteiger partial charge in [-0.15, -0.1) is 0 Å². The maximum absolute atomic E-state index is 13.6. The Labute approximate surface area is 208 Å². The standard InChI is InChI=1S/C27H20F5N3O2/c28-26(29)14-20(15-33)35(16-26)25(37)10-9-24(36)21-11-12-34-23-8-5-18(13-22(21)23)2-1-17-3-6-19(7-4-17)27(30,31)32/h1-8,11-13,20H,9-10,14,16H2/b2-1+/t20-/m0/s1. The van der Waals surface area contributed by atoms with E-state index in [1.807, 2.05) is 0 Å². The average molecular weight is 513 g/mol. The number of carbonyl (C=O) groups is 2. The van der Waals surface area contributed by atoms with Crippen molar-refractivity contribution in [1.82, 2.24) is 9.88 Å². The molecular formula is C27H20F5N3O2. The van der Waals surface area contributed by atoms with Gasteiger partial charge < -0.3 is 4.90 Å². The summed E-state index contributed by atoms with van der Waals surface area (Å²) >= 11 is 0. The molecule has 1 saturated heterocycles. The second-order valence-corrected chi connectivity index (χ2v) is 8.74. The predicted octanol–water partition coefficient (Wildman–Crippen LogP) is 6.15. The van der Waals surface area contributed by atoms with Crippen LogP contribution in [0.3, 0.4) is 0 Å². The van der Waals surface area contributed by atoms with Gasteiger partial charge in [0.15, 0.2) is 5.78 Å². The molecule has 2 heterocycles. The van der Waals surface area contributed by atoms with Crippen LogP contribution in [0.4, 0.5) is 22.0 Å². The van der Waals surface area contributed by atoms with Crippen LogP contribution in [-0.4, -0.2) is 40.1 Å². The minimum Gasteiger partial charge on any atom is -0.320 e. The third-order valence-corrected chi connectivity index (χ3v) is 6.08. The van der Waals surface area contributed by atoms with Crippen molar-refractivity contribution in [3.8, 4) is 6.07 Å². The molecule has 0 spiro atoms. The van der Waals surface area contributed by atoms with Gasteiger partial charge in [0, 0.05) is 36.4 Å². The van der Waals surface area contributed by atoms with Crippen LogP contribution in [0.1, 0.15) is 46.3 Å². The first-order chi connectivity index (χ1) is 17.5. The fourth-order valence-electron chi connectivity index (χ4n) is 4.18. The summed E-state index contributed by atoms with van der Waals surface area (Å²) in [5, 5.41) is 9.59. The number of rotatable bonds is 6. The van der Waals surface area contributed by atoms with E-state index in [0.29, 0.717) is 27.6 Å². The lowest BCUT2D eigenvalue weighted by molar-refractivity contribution is -0.137. The summed E-state index contributed by atoms with van der Waals surface area (Å²) in [7, 11) is 0. The van der Waals surface area contributed by atoms with Crippen molar-refractivity contribution in [2.24, 2.45) is 0 Å². The fraction of sp³-hybridized carbons (Fsp3) is 0.259. The zero-order chi connectivity index (χ0) is 26.8. The Bertz CT molecular complexity index is 1410. The number of carbonyl (C=O) groups excluding carboxylic acids is 2. The highest BCUT2D eigenvalue weighted by molar-refractivity contribution is 6.08. The predicted molar refractivity (Wildman–Crippen MR) is 126 cm³/mol. The summed E-state index contributed by atoms with van der Waals surface area (Å²) in [6, 6.07) is 11.8. The number of hydrogen-bond donors (Lipinski definition) is 0. The zero-order valence-electron chi connectivity index (χ0n) is 19.3. The number of Topliss-reactive ketones (excluding diaryl/α,β-unsaturated/α-hetero) is 1. The third-order valence-electron chi connectivity index (χ3n) is 6.08. The number of halogens is 5. The first-order valence-corrected chi connectivity index (χ1v) is 11.3. The molecule has 5 nitrogen and oxygen atoms in total. The number of nitrogens with zero attached hydrogens (tertiary/aromatic N) is 3. The molecule has 1 atom stereocenters.